The first-order valence-electron chi connectivity index (χ1n) is 5.68. The quantitative estimate of drug-likeness (QED) is 0.493. The Morgan fingerprint density at radius 1 is 1.39 bits per heavy atom. The molecule has 2 rings (SSSR count). The van der Waals surface area contributed by atoms with Gasteiger partial charge in [0.1, 0.15) is 5.60 Å². The molecule has 1 aliphatic heterocycles. The van der Waals surface area contributed by atoms with Crippen LogP contribution in [0.1, 0.15) is 26.3 Å². The molecule has 0 bridgehead atoms. The summed E-state index contributed by atoms with van der Waals surface area (Å²) >= 11 is 5.25. The molecule has 1 amide bonds. The second-order valence-electron chi connectivity index (χ2n) is 5.14. The van der Waals surface area contributed by atoms with Gasteiger partial charge < -0.3 is 17.4 Å². The van der Waals surface area contributed by atoms with Crippen molar-refractivity contribution in [1.29, 1.82) is 0 Å². The number of hydrogen-bond donors (Lipinski definition) is 0. The van der Waals surface area contributed by atoms with Crippen LogP contribution in [-0.2, 0) is 23.8 Å². The third-order valence-electron chi connectivity index (χ3n) is 2.60. The number of fused-ring (bicyclic) bond motifs is 1. The molecule has 0 aliphatic carbocycles. The number of benzene rings is 1. The van der Waals surface area contributed by atoms with E-state index in [0.29, 0.717) is 6.54 Å². The van der Waals surface area contributed by atoms with E-state index in [-0.39, 0.29) is 57.5 Å². The van der Waals surface area contributed by atoms with Crippen molar-refractivity contribution in [3.63, 3.8) is 0 Å². The van der Waals surface area contributed by atoms with Crippen molar-refractivity contribution >= 4 is 24.4 Å². The summed E-state index contributed by atoms with van der Waals surface area (Å²) in [5.41, 5.74) is 1.51. The van der Waals surface area contributed by atoms with Crippen molar-refractivity contribution in [3.8, 4) is 0 Å². The molecule has 0 unspecified atom stereocenters. The first-order valence-corrected chi connectivity index (χ1v) is 6.09. The van der Waals surface area contributed by atoms with Crippen molar-refractivity contribution in [2.75, 3.05) is 11.4 Å². The molecule has 1 aromatic carbocycles. The van der Waals surface area contributed by atoms with E-state index in [1.54, 1.807) is 4.90 Å². The molecular formula is C13H16KNO2S. The van der Waals surface area contributed by atoms with Gasteiger partial charge in [0.15, 0.2) is 0 Å². The van der Waals surface area contributed by atoms with Crippen LogP contribution in [-0.4, -0.2) is 18.2 Å². The fourth-order valence-electron chi connectivity index (χ4n) is 1.91. The maximum absolute atomic E-state index is 12.0. The van der Waals surface area contributed by atoms with E-state index in [9.17, 15) is 4.79 Å². The predicted molar refractivity (Wildman–Crippen MR) is 69.4 cm³/mol. The standard InChI is InChI=1S/C13H17NO2S.K/c1-13(2,3)16-12(15)14-8-7-9-10(14)5-4-6-11(9)17;/h4-6,17H,7-8H2,1-3H3;/q;+1/p-1. The summed E-state index contributed by atoms with van der Waals surface area (Å²) in [6, 6.07) is 5.69. The van der Waals surface area contributed by atoms with Crippen LogP contribution in [0.4, 0.5) is 10.5 Å². The van der Waals surface area contributed by atoms with Crippen LogP contribution in [0.5, 0.6) is 0 Å². The zero-order chi connectivity index (χ0) is 12.6. The van der Waals surface area contributed by atoms with Gasteiger partial charge in [0.05, 0.1) is 0 Å². The molecule has 0 spiro atoms. The van der Waals surface area contributed by atoms with E-state index in [4.69, 9.17) is 17.4 Å². The van der Waals surface area contributed by atoms with E-state index in [1.807, 2.05) is 39.0 Å². The zero-order valence-electron chi connectivity index (χ0n) is 11.3. The molecule has 0 saturated heterocycles. The zero-order valence-corrected chi connectivity index (χ0v) is 15.3. The molecule has 0 radical (unpaired) electrons. The average molecular weight is 289 g/mol. The van der Waals surface area contributed by atoms with E-state index >= 15 is 0 Å². The SMILES string of the molecule is CC(C)(C)OC(=O)N1CCc2c([S-])cccc21.[K+]. The summed E-state index contributed by atoms with van der Waals surface area (Å²) in [5, 5.41) is 0. The summed E-state index contributed by atoms with van der Waals surface area (Å²) in [6.45, 7) is 6.25. The summed E-state index contributed by atoms with van der Waals surface area (Å²) in [6.07, 6.45) is 0.519. The summed E-state index contributed by atoms with van der Waals surface area (Å²) in [5.74, 6) is 0. The topological polar surface area (TPSA) is 29.5 Å². The van der Waals surface area contributed by atoms with Crippen molar-refractivity contribution in [3.05, 3.63) is 23.8 Å². The normalized spacial score (nSPS) is 13.8. The molecule has 0 atom stereocenters. The summed E-state index contributed by atoms with van der Waals surface area (Å²) in [4.78, 5) is 14.5. The van der Waals surface area contributed by atoms with Crippen LogP contribution in [0.15, 0.2) is 23.1 Å². The third kappa shape index (κ3) is 3.68. The van der Waals surface area contributed by atoms with Gasteiger partial charge in [-0.15, -0.1) is 0 Å². The molecule has 0 fully saturated rings. The van der Waals surface area contributed by atoms with Crippen molar-refractivity contribution in [2.24, 2.45) is 0 Å². The molecule has 0 N–H and O–H groups in total. The number of carbonyl (C=O) groups excluding carboxylic acids is 1. The Morgan fingerprint density at radius 2 is 2.06 bits per heavy atom. The maximum Gasteiger partial charge on any atom is 1.00 e. The molecule has 0 saturated carbocycles. The molecule has 1 aliphatic rings. The minimum absolute atomic E-state index is 0. The van der Waals surface area contributed by atoms with E-state index in [0.717, 1.165) is 22.6 Å². The second-order valence-corrected chi connectivity index (χ2v) is 5.58. The van der Waals surface area contributed by atoms with Gasteiger partial charge in [-0.1, -0.05) is 12.1 Å². The number of amides is 1. The molecule has 5 heteroatoms. The maximum atomic E-state index is 12.0. The van der Waals surface area contributed by atoms with Gasteiger partial charge in [-0.2, -0.15) is 4.90 Å². The Balaban J connectivity index is 0.00000162. The first-order chi connectivity index (χ1) is 7.88. The van der Waals surface area contributed by atoms with Gasteiger partial charge >= 0.3 is 57.5 Å². The van der Waals surface area contributed by atoms with Crippen LogP contribution < -0.4 is 56.3 Å². The van der Waals surface area contributed by atoms with Crippen LogP contribution >= 0.6 is 0 Å². The minimum atomic E-state index is -0.467. The number of carbonyl (C=O) groups is 1. The van der Waals surface area contributed by atoms with Gasteiger partial charge in [0.2, 0.25) is 0 Å². The smallest absolute Gasteiger partial charge is 0.779 e. The Kier molecular flexibility index (Phi) is 5.65. The molecule has 92 valence electrons. The van der Waals surface area contributed by atoms with Crippen LogP contribution in [0.2, 0.25) is 0 Å². The van der Waals surface area contributed by atoms with Gasteiger partial charge in [0, 0.05) is 12.2 Å². The number of nitrogens with zero attached hydrogens (tertiary/aromatic N) is 1. The number of ether oxygens (including phenoxy) is 1. The Bertz CT molecular complexity index is 457. The molecular weight excluding hydrogens is 273 g/mol. The molecule has 0 aromatic heterocycles. The monoisotopic (exact) mass is 289 g/mol. The largest absolute Gasteiger partial charge is 1.00 e. The molecule has 18 heavy (non-hydrogen) atoms. The average Bonchev–Trinajstić information content (AvgIpc) is 2.60. The van der Waals surface area contributed by atoms with Crippen molar-refractivity contribution < 1.29 is 60.9 Å². The van der Waals surface area contributed by atoms with Gasteiger partial charge in [-0.25, -0.2) is 4.79 Å². The number of hydrogen-bond acceptors (Lipinski definition) is 3. The second kappa shape index (κ2) is 6.20. The fraction of sp³-hybridized carbons (Fsp3) is 0.462. The van der Waals surface area contributed by atoms with E-state index in [1.165, 1.54) is 0 Å². The van der Waals surface area contributed by atoms with E-state index in [2.05, 4.69) is 0 Å². The van der Waals surface area contributed by atoms with Crippen molar-refractivity contribution in [1.82, 2.24) is 0 Å². The van der Waals surface area contributed by atoms with Gasteiger partial charge in [-0.3, -0.25) is 4.90 Å². The summed E-state index contributed by atoms with van der Waals surface area (Å²) < 4.78 is 5.37. The minimum Gasteiger partial charge on any atom is -0.779 e. The summed E-state index contributed by atoms with van der Waals surface area (Å²) in [7, 11) is 0. The Hall–Kier alpha value is 0.346. The Labute approximate surface area is 156 Å². The first kappa shape index (κ1) is 16.4. The molecule has 3 nitrogen and oxygen atoms in total. The van der Waals surface area contributed by atoms with Gasteiger partial charge in [0.25, 0.3) is 0 Å². The third-order valence-corrected chi connectivity index (χ3v) is 2.98. The number of anilines is 1. The van der Waals surface area contributed by atoms with Crippen LogP contribution in [0.25, 0.3) is 0 Å². The fourth-order valence-corrected chi connectivity index (χ4v) is 2.19. The van der Waals surface area contributed by atoms with E-state index < -0.39 is 5.60 Å². The van der Waals surface area contributed by atoms with Crippen molar-refractivity contribution in [2.45, 2.75) is 37.7 Å². The Morgan fingerprint density at radius 3 is 2.67 bits per heavy atom. The number of rotatable bonds is 0. The van der Waals surface area contributed by atoms with Crippen LogP contribution in [0, 0.1) is 0 Å². The van der Waals surface area contributed by atoms with Gasteiger partial charge in [-0.05, 0) is 38.8 Å². The van der Waals surface area contributed by atoms with Crippen LogP contribution in [0.3, 0.4) is 0 Å². The molecule has 1 aromatic rings. The molecule has 1 heterocycles. The predicted octanol–water partition coefficient (Wildman–Crippen LogP) is -0.106.